The van der Waals surface area contributed by atoms with Crippen LogP contribution in [0.15, 0.2) is 16.5 Å². The van der Waals surface area contributed by atoms with Crippen LogP contribution in [0.3, 0.4) is 0 Å². The van der Waals surface area contributed by atoms with E-state index in [9.17, 15) is 18.0 Å². The molecule has 1 saturated heterocycles. The van der Waals surface area contributed by atoms with Gasteiger partial charge in [0.15, 0.2) is 0 Å². The average molecular weight is 319 g/mol. The van der Waals surface area contributed by atoms with Gasteiger partial charge in [-0.15, -0.1) is 0 Å². The van der Waals surface area contributed by atoms with Gasteiger partial charge in [0.05, 0.1) is 19.1 Å². The van der Waals surface area contributed by atoms with Crippen molar-refractivity contribution < 1.29 is 27.1 Å². The maximum Gasteiger partial charge on any atom is 0.411 e. The lowest BCUT2D eigenvalue weighted by atomic mass is 10.1. The highest BCUT2D eigenvalue weighted by atomic mass is 19.4. The first-order chi connectivity index (χ1) is 10.4. The molecule has 1 amide bonds. The second kappa shape index (κ2) is 7.17. The van der Waals surface area contributed by atoms with E-state index in [0.29, 0.717) is 6.54 Å². The molecule has 0 bridgehead atoms. The lowest BCUT2D eigenvalue weighted by Crippen LogP contribution is -2.31. The summed E-state index contributed by atoms with van der Waals surface area (Å²) < 4.78 is 46.1. The van der Waals surface area contributed by atoms with E-state index in [1.54, 1.807) is 4.90 Å². The van der Waals surface area contributed by atoms with Crippen molar-refractivity contribution in [1.82, 2.24) is 4.90 Å². The number of furan rings is 1. The molecule has 0 aromatic carbocycles. The van der Waals surface area contributed by atoms with Crippen LogP contribution in [0.2, 0.25) is 0 Å². The summed E-state index contributed by atoms with van der Waals surface area (Å²) in [6.07, 6.45) is -1.95. The van der Waals surface area contributed by atoms with E-state index >= 15 is 0 Å². The fourth-order valence-electron chi connectivity index (χ4n) is 2.62. The summed E-state index contributed by atoms with van der Waals surface area (Å²) in [4.78, 5) is 13.8. The highest BCUT2D eigenvalue weighted by molar-refractivity contribution is 5.77. The van der Waals surface area contributed by atoms with Gasteiger partial charge in [0.2, 0.25) is 5.91 Å². The molecule has 0 unspecified atom stereocenters. The summed E-state index contributed by atoms with van der Waals surface area (Å²) in [5.74, 6) is 1.42. The van der Waals surface area contributed by atoms with Gasteiger partial charge < -0.3 is 14.1 Å². The van der Waals surface area contributed by atoms with Crippen molar-refractivity contribution in [3.05, 3.63) is 23.7 Å². The predicted octanol–water partition coefficient (Wildman–Crippen LogP) is 3.47. The Morgan fingerprint density at radius 1 is 1.45 bits per heavy atom. The van der Waals surface area contributed by atoms with E-state index in [-0.39, 0.29) is 25.0 Å². The standard InChI is InChI=1S/C15H20F3NO3/c1-2-11-5-6-13(22-11)12-4-3-8-19(12)14(20)7-9-21-10-15(16,17)18/h5-6,12H,2-4,7-10H2,1H3/t12-/m0/s1. The Balaban J connectivity index is 1.86. The highest BCUT2D eigenvalue weighted by Crippen LogP contribution is 2.33. The van der Waals surface area contributed by atoms with Crippen LogP contribution < -0.4 is 0 Å². The number of amides is 1. The van der Waals surface area contributed by atoms with Gasteiger partial charge in [0, 0.05) is 13.0 Å². The normalized spacial score (nSPS) is 18.9. The van der Waals surface area contributed by atoms with Gasteiger partial charge in [0.25, 0.3) is 0 Å². The maximum absolute atomic E-state index is 12.2. The Morgan fingerprint density at radius 3 is 2.86 bits per heavy atom. The molecule has 2 heterocycles. The van der Waals surface area contributed by atoms with Crippen molar-refractivity contribution in [2.24, 2.45) is 0 Å². The Labute approximate surface area is 127 Å². The second-order valence-corrected chi connectivity index (χ2v) is 5.32. The summed E-state index contributed by atoms with van der Waals surface area (Å²) in [6.45, 7) is 1.05. The second-order valence-electron chi connectivity index (χ2n) is 5.32. The minimum absolute atomic E-state index is 0.0477. The fourth-order valence-corrected chi connectivity index (χ4v) is 2.62. The Morgan fingerprint density at radius 2 is 2.23 bits per heavy atom. The monoisotopic (exact) mass is 319 g/mol. The van der Waals surface area contributed by atoms with Crippen LogP contribution in [0.25, 0.3) is 0 Å². The van der Waals surface area contributed by atoms with E-state index < -0.39 is 12.8 Å². The van der Waals surface area contributed by atoms with Gasteiger partial charge >= 0.3 is 6.18 Å². The number of rotatable bonds is 6. The zero-order chi connectivity index (χ0) is 16.2. The summed E-state index contributed by atoms with van der Waals surface area (Å²) in [6, 6.07) is 3.65. The molecule has 7 heteroatoms. The van der Waals surface area contributed by atoms with Crippen LogP contribution in [0.5, 0.6) is 0 Å². The summed E-state index contributed by atoms with van der Waals surface area (Å²) >= 11 is 0. The first-order valence-corrected chi connectivity index (χ1v) is 7.43. The molecule has 1 atom stereocenters. The SMILES string of the molecule is CCc1ccc([C@@H]2CCCN2C(=O)CCOCC(F)(F)F)o1. The third-order valence-corrected chi connectivity index (χ3v) is 3.66. The van der Waals surface area contributed by atoms with Gasteiger partial charge in [-0.25, -0.2) is 0 Å². The van der Waals surface area contributed by atoms with Crippen molar-refractivity contribution in [1.29, 1.82) is 0 Å². The molecular formula is C15H20F3NO3. The van der Waals surface area contributed by atoms with E-state index in [1.165, 1.54) is 0 Å². The van der Waals surface area contributed by atoms with E-state index in [0.717, 1.165) is 30.8 Å². The number of hydrogen-bond donors (Lipinski definition) is 0. The number of alkyl halides is 3. The minimum atomic E-state index is -4.36. The Bertz CT molecular complexity index is 498. The van der Waals surface area contributed by atoms with Crippen LogP contribution in [0, 0.1) is 0 Å². The summed E-state index contributed by atoms with van der Waals surface area (Å²) in [5, 5.41) is 0. The van der Waals surface area contributed by atoms with Crippen LogP contribution in [-0.2, 0) is 16.0 Å². The molecule has 124 valence electrons. The molecule has 0 spiro atoms. The van der Waals surface area contributed by atoms with Gasteiger partial charge in [-0.1, -0.05) is 6.92 Å². The maximum atomic E-state index is 12.2. The van der Waals surface area contributed by atoms with Crippen LogP contribution >= 0.6 is 0 Å². The smallest absolute Gasteiger partial charge is 0.411 e. The van der Waals surface area contributed by atoms with Gasteiger partial charge in [-0.3, -0.25) is 4.79 Å². The van der Waals surface area contributed by atoms with Crippen molar-refractivity contribution in [2.45, 2.75) is 44.8 Å². The largest absolute Gasteiger partial charge is 0.464 e. The number of likely N-dealkylation sites (tertiary alicyclic amines) is 1. The molecule has 4 nitrogen and oxygen atoms in total. The van der Waals surface area contributed by atoms with E-state index in [1.807, 2.05) is 19.1 Å². The van der Waals surface area contributed by atoms with Crippen LogP contribution in [-0.4, -0.2) is 36.7 Å². The third kappa shape index (κ3) is 4.50. The minimum Gasteiger partial charge on any atom is -0.464 e. The van der Waals surface area contributed by atoms with Crippen molar-refractivity contribution >= 4 is 5.91 Å². The number of carbonyl (C=O) groups excluding carboxylic acids is 1. The lowest BCUT2D eigenvalue weighted by Gasteiger charge is -2.23. The molecule has 0 saturated carbocycles. The molecule has 1 aliphatic rings. The van der Waals surface area contributed by atoms with Crippen molar-refractivity contribution in [3.8, 4) is 0 Å². The van der Waals surface area contributed by atoms with Crippen molar-refractivity contribution in [2.75, 3.05) is 19.8 Å². The quantitative estimate of drug-likeness (QED) is 0.754. The van der Waals surface area contributed by atoms with Crippen LogP contribution in [0.1, 0.15) is 43.7 Å². The number of halogens is 3. The molecule has 0 N–H and O–H groups in total. The molecule has 2 rings (SSSR count). The third-order valence-electron chi connectivity index (χ3n) is 3.66. The molecular weight excluding hydrogens is 299 g/mol. The highest BCUT2D eigenvalue weighted by Gasteiger charge is 2.32. The fraction of sp³-hybridized carbons (Fsp3) is 0.667. The topological polar surface area (TPSA) is 42.7 Å². The zero-order valence-electron chi connectivity index (χ0n) is 12.5. The Kier molecular flexibility index (Phi) is 5.50. The molecule has 0 radical (unpaired) electrons. The number of aryl methyl sites for hydroxylation is 1. The van der Waals surface area contributed by atoms with Gasteiger partial charge in [-0.2, -0.15) is 13.2 Å². The first-order valence-electron chi connectivity index (χ1n) is 7.43. The lowest BCUT2D eigenvalue weighted by molar-refractivity contribution is -0.175. The molecule has 0 aliphatic carbocycles. The molecule has 1 aromatic heterocycles. The number of nitrogens with zero attached hydrogens (tertiary/aromatic N) is 1. The number of carbonyl (C=O) groups is 1. The van der Waals surface area contributed by atoms with E-state index in [2.05, 4.69) is 4.74 Å². The van der Waals surface area contributed by atoms with Gasteiger partial charge in [-0.05, 0) is 25.0 Å². The van der Waals surface area contributed by atoms with E-state index in [4.69, 9.17) is 4.42 Å². The number of ether oxygens (including phenoxy) is 1. The zero-order valence-corrected chi connectivity index (χ0v) is 12.5. The predicted molar refractivity (Wildman–Crippen MR) is 73.3 cm³/mol. The molecule has 1 aliphatic heterocycles. The summed E-state index contributed by atoms with van der Waals surface area (Å²) in [7, 11) is 0. The van der Waals surface area contributed by atoms with Gasteiger partial charge in [0.1, 0.15) is 18.1 Å². The number of hydrogen-bond acceptors (Lipinski definition) is 3. The first kappa shape index (κ1) is 16.9. The molecule has 1 aromatic rings. The average Bonchev–Trinajstić information content (AvgIpc) is 3.09. The Hall–Kier alpha value is -1.50. The molecule has 22 heavy (non-hydrogen) atoms. The van der Waals surface area contributed by atoms with Crippen LogP contribution in [0.4, 0.5) is 13.2 Å². The summed E-state index contributed by atoms with van der Waals surface area (Å²) in [5.41, 5.74) is 0. The molecule has 1 fully saturated rings. The van der Waals surface area contributed by atoms with Crippen molar-refractivity contribution in [3.63, 3.8) is 0 Å².